The van der Waals surface area contributed by atoms with Crippen LogP contribution in [-0.2, 0) is 4.74 Å². The molecule has 2 aromatic carbocycles. The molecule has 146 valence electrons. The van der Waals surface area contributed by atoms with Crippen LogP contribution >= 0.6 is 11.6 Å². The van der Waals surface area contributed by atoms with Gasteiger partial charge in [-0.1, -0.05) is 29.0 Å². The molecule has 29 heavy (non-hydrogen) atoms. The van der Waals surface area contributed by atoms with Crippen LogP contribution in [0.2, 0.25) is 5.02 Å². The molecular weight excluding hydrogens is 396 g/mol. The molecule has 8 nitrogen and oxygen atoms in total. The van der Waals surface area contributed by atoms with Crippen LogP contribution in [0, 0.1) is 30.0 Å². The summed E-state index contributed by atoms with van der Waals surface area (Å²) in [6, 6.07) is 13.1. The number of carbonyl (C=O) groups excluding carboxylic acids is 1. The van der Waals surface area contributed by atoms with Crippen LogP contribution in [0.15, 0.2) is 42.5 Å². The van der Waals surface area contributed by atoms with Crippen LogP contribution in [0.1, 0.15) is 21.7 Å². The normalized spacial score (nSPS) is 10.4. The van der Waals surface area contributed by atoms with E-state index in [1.165, 1.54) is 12.1 Å². The third-order valence-corrected chi connectivity index (χ3v) is 4.66. The van der Waals surface area contributed by atoms with E-state index in [9.17, 15) is 14.9 Å². The number of esters is 1. The molecule has 0 aliphatic carbocycles. The number of nitro benzene ring substituents is 1. The maximum absolute atomic E-state index is 12.2. The van der Waals surface area contributed by atoms with Gasteiger partial charge in [0.1, 0.15) is 0 Å². The number of nitro groups is 1. The summed E-state index contributed by atoms with van der Waals surface area (Å²) in [5.74, 6) is -0.669. The lowest BCUT2D eigenvalue weighted by Crippen LogP contribution is -2.20. The van der Waals surface area contributed by atoms with Crippen LogP contribution in [-0.4, -0.2) is 27.3 Å². The van der Waals surface area contributed by atoms with Crippen LogP contribution < -0.4 is 5.26 Å². The summed E-state index contributed by atoms with van der Waals surface area (Å²) in [5.41, 5.74) is 3.59. The number of nitrogens with zero attached hydrogens (tertiary/aromatic N) is 3. The van der Waals surface area contributed by atoms with Gasteiger partial charge in [0.25, 0.3) is 5.69 Å². The molecule has 3 rings (SSSR count). The number of carbonyl (C=O) groups is 1. The molecule has 1 aromatic heterocycles. The number of non-ortho nitro benzene ring substituents is 1. The van der Waals surface area contributed by atoms with Gasteiger partial charge in [0.2, 0.25) is 6.61 Å². The summed E-state index contributed by atoms with van der Waals surface area (Å²) in [6.07, 6.45) is 0. The third kappa shape index (κ3) is 3.95. The topological polar surface area (TPSA) is 111 Å². The number of rotatable bonds is 5. The molecule has 0 fully saturated rings. The van der Waals surface area contributed by atoms with Gasteiger partial charge in [-0.2, -0.15) is 5.10 Å². The zero-order valence-corrected chi connectivity index (χ0v) is 16.4. The first-order valence-corrected chi connectivity index (χ1v) is 8.89. The van der Waals surface area contributed by atoms with E-state index >= 15 is 0 Å². The van der Waals surface area contributed by atoms with Gasteiger partial charge < -0.3 is 4.74 Å². The summed E-state index contributed by atoms with van der Waals surface area (Å²) >= 11 is 6.12. The molecule has 1 heterocycles. The minimum absolute atomic E-state index is 0.00595. The number of aryl methyl sites for hydroxylation is 1. The lowest BCUT2D eigenvalue weighted by Gasteiger charge is -2.09. The third-order valence-electron chi connectivity index (χ3n) is 4.33. The molecule has 1 N–H and O–H groups in total. The molecule has 0 atom stereocenters. The van der Waals surface area contributed by atoms with Gasteiger partial charge in [0.05, 0.1) is 26.9 Å². The number of ether oxygens (including phenoxy) is 1. The van der Waals surface area contributed by atoms with Crippen molar-refractivity contribution in [1.82, 2.24) is 9.78 Å². The van der Waals surface area contributed by atoms with Crippen molar-refractivity contribution in [3.8, 4) is 22.9 Å². The monoisotopic (exact) mass is 411 g/mol. The molecule has 0 spiro atoms. The first-order valence-electron chi connectivity index (χ1n) is 8.51. The fourth-order valence-electron chi connectivity index (χ4n) is 3.07. The van der Waals surface area contributed by atoms with E-state index in [4.69, 9.17) is 21.6 Å². The molecule has 0 radical (unpaired) electrons. The Morgan fingerprint density at radius 1 is 1.31 bits per heavy atom. The van der Waals surface area contributed by atoms with Crippen molar-refractivity contribution in [2.24, 2.45) is 0 Å². The second-order valence-electron chi connectivity index (χ2n) is 6.18. The first kappa shape index (κ1) is 20.0. The number of nitrogens with one attached hydrogen (secondary N) is 1. The van der Waals surface area contributed by atoms with Gasteiger partial charge in [0.15, 0.2) is 0 Å². The van der Waals surface area contributed by atoms with Gasteiger partial charge in [-0.05, 0) is 37.6 Å². The quantitative estimate of drug-likeness (QED) is 0.394. The van der Waals surface area contributed by atoms with Crippen molar-refractivity contribution < 1.29 is 19.7 Å². The van der Waals surface area contributed by atoms with Crippen molar-refractivity contribution in [2.45, 2.75) is 13.8 Å². The smallest absolute Gasteiger partial charge is 0.340 e. The van der Waals surface area contributed by atoms with E-state index in [0.29, 0.717) is 16.9 Å². The molecule has 0 unspecified atom stereocenters. The molecule has 9 heteroatoms. The Hall–Kier alpha value is -3.70. The zero-order chi connectivity index (χ0) is 21.1. The van der Waals surface area contributed by atoms with Crippen molar-refractivity contribution >= 4 is 23.3 Å². The predicted octanol–water partition coefficient (Wildman–Crippen LogP) is 2.65. The SMILES string of the molecule is Cc1nn(-c2ccc(Cl)c(C(=O)OCC#[NH+])c2)c(C)c1-c1cccc([N+](=O)[O-])c1. The first-order chi connectivity index (χ1) is 13.8. The average molecular weight is 412 g/mol. The lowest BCUT2D eigenvalue weighted by molar-refractivity contribution is -0.384. The van der Waals surface area contributed by atoms with Crippen molar-refractivity contribution in [1.29, 1.82) is 0 Å². The summed E-state index contributed by atoms with van der Waals surface area (Å²) in [5, 5.41) is 22.7. The molecule has 0 aliphatic heterocycles. The Morgan fingerprint density at radius 3 is 2.76 bits per heavy atom. The fraction of sp³-hybridized carbons (Fsp3) is 0.150. The number of hydrogen-bond acceptors (Lipinski definition) is 5. The highest BCUT2D eigenvalue weighted by atomic mass is 35.5. The van der Waals surface area contributed by atoms with E-state index in [0.717, 1.165) is 11.3 Å². The Kier molecular flexibility index (Phi) is 5.61. The van der Waals surface area contributed by atoms with Gasteiger partial charge in [-0.15, -0.1) is 0 Å². The van der Waals surface area contributed by atoms with E-state index in [1.54, 1.807) is 35.0 Å². The summed E-state index contributed by atoms with van der Waals surface area (Å²) in [6.45, 7) is 3.38. The van der Waals surface area contributed by atoms with Gasteiger partial charge in [-0.3, -0.25) is 10.1 Å². The minimum atomic E-state index is -0.669. The van der Waals surface area contributed by atoms with Crippen LogP contribution in [0.3, 0.4) is 0 Å². The molecule has 0 bridgehead atoms. The summed E-state index contributed by atoms with van der Waals surface area (Å²) in [7, 11) is 0. The number of benzene rings is 2. The summed E-state index contributed by atoms with van der Waals surface area (Å²) in [4.78, 5) is 22.8. The Balaban J connectivity index is 2.07. The Labute approximate surface area is 171 Å². The Morgan fingerprint density at radius 2 is 2.07 bits per heavy atom. The van der Waals surface area contributed by atoms with Crippen molar-refractivity contribution in [3.63, 3.8) is 0 Å². The van der Waals surface area contributed by atoms with Gasteiger partial charge in [-0.25, -0.2) is 9.48 Å². The molecule has 0 amide bonds. The molecule has 0 aliphatic rings. The molecular formula is C20H16ClN4O4+. The highest BCUT2D eigenvalue weighted by Crippen LogP contribution is 2.31. The highest BCUT2D eigenvalue weighted by Gasteiger charge is 2.19. The van der Waals surface area contributed by atoms with Crippen molar-refractivity contribution in [3.05, 3.63) is 74.6 Å². The average Bonchev–Trinajstić information content (AvgIpc) is 3.00. The maximum atomic E-state index is 12.2. The number of hydrogen-bond donors (Lipinski definition) is 1. The van der Waals surface area contributed by atoms with E-state index in [1.807, 2.05) is 19.9 Å². The second-order valence-corrected chi connectivity index (χ2v) is 6.59. The molecule has 0 saturated carbocycles. The lowest BCUT2D eigenvalue weighted by atomic mass is 10.0. The van der Waals surface area contributed by atoms with E-state index in [2.05, 4.69) is 5.10 Å². The largest absolute Gasteiger partial charge is 0.442 e. The predicted molar refractivity (Wildman–Crippen MR) is 105 cm³/mol. The zero-order valence-electron chi connectivity index (χ0n) is 15.6. The van der Waals surface area contributed by atoms with Crippen LogP contribution in [0.25, 0.3) is 16.8 Å². The summed E-state index contributed by atoms with van der Waals surface area (Å²) < 4.78 is 6.54. The minimum Gasteiger partial charge on any atom is -0.442 e. The molecule has 3 aromatic rings. The van der Waals surface area contributed by atoms with E-state index in [-0.39, 0.29) is 22.9 Å². The van der Waals surface area contributed by atoms with Gasteiger partial charge >= 0.3 is 12.0 Å². The van der Waals surface area contributed by atoms with Crippen LogP contribution in [0.4, 0.5) is 5.69 Å². The second kappa shape index (κ2) is 8.12. The van der Waals surface area contributed by atoms with Crippen molar-refractivity contribution in [2.75, 3.05) is 6.61 Å². The van der Waals surface area contributed by atoms with E-state index < -0.39 is 10.9 Å². The fourth-order valence-corrected chi connectivity index (χ4v) is 3.26. The Bertz CT molecular complexity index is 1160. The highest BCUT2D eigenvalue weighted by molar-refractivity contribution is 6.33. The van der Waals surface area contributed by atoms with Crippen LogP contribution in [0.5, 0.6) is 0 Å². The van der Waals surface area contributed by atoms with Gasteiger partial charge in [0, 0.05) is 23.4 Å². The molecule has 0 saturated heterocycles. The number of aromatic nitrogens is 2. The maximum Gasteiger partial charge on any atom is 0.340 e. The standard InChI is InChI=1S/C20H15ClN4O4/c1-12-19(14-4-3-5-16(10-14)25(27)28)13(2)24(23-12)15-6-7-18(21)17(11-15)20(26)29-9-8-22/h3-7,10-11H,9H2,1-2H3/p+1. The number of halogens is 1.